The zero-order valence-electron chi connectivity index (χ0n) is 15.3. The Hall–Kier alpha value is -2.86. The number of nitrogens with zero attached hydrogens (tertiary/aromatic N) is 1. The Kier molecular flexibility index (Phi) is 3.91. The van der Waals surface area contributed by atoms with Crippen LogP contribution in [0.25, 0.3) is 10.8 Å². The molecule has 3 aromatic rings. The van der Waals surface area contributed by atoms with Crippen molar-refractivity contribution in [1.29, 1.82) is 0 Å². The van der Waals surface area contributed by atoms with Gasteiger partial charge in [-0.05, 0) is 47.9 Å². The maximum absolute atomic E-state index is 13.0. The van der Waals surface area contributed by atoms with E-state index in [1.54, 1.807) is 18.2 Å². The van der Waals surface area contributed by atoms with Crippen molar-refractivity contribution in [3.05, 3.63) is 71.8 Å². The number of aryl methyl sites for hydroxylation is 1. The van der Waals surface area contributed by atoms with Gasteiger partial charge in [0.25, 0.3) is 10.0 Å². The highest BCUT2D eigenvalue weighted by molar-refractivity contribution is 7.93. The molecule has 0 radical (unpaired) electrons. The second-order valence-corrected chi connectivity index (χ2v) is 9.18. The van der Waals surface area contributed by atoms with E-state index in [2.05, 4.69) is 11.4 Å². The summed E-state index contributed by atoms with van der Waals surface area (Å²) in [4.78, 5) is 13.1. The lowest BCUT2D eigenvalue weighted by Gasteiger charge is -2.27. The first-order valence-corrected chi connectivity index (χ1v) is 10.9. The third kappa shape index (κ3) is 2.59. The number of carbonyl (C=O) groups excluding carboxylic acids is 1. The molecule has 1 heterocycles. The van der Waals surface area contributed by atoms with Crippen molar-refractivity contribution >= 4 is 32.4 Å². The SMILES string of the molecule is O=C(CN1c2cccc3cccc(c23)S1(=O)=O)NC1CCCc2ccccc21. The van der Waals surface area contributed by atoms with Crippen LogP contribution in [-0.4, -0.2) is 20.9 Å². The number of hydrogen-bond acceptors (Lipinski definition) is 3. The van der Waals surface area contributed by atoms with E-state index in [9.17, 15) is 13.2 Å². The van der Waals surface area contributed by atoms with Crippen LogP contribution in [0.5, 0.6) is 0 Å². The number of nitrogens with one attached hydrogen (secondary N) is 1. The smallest absolute Gasteiger partial charge is 0.265 e. The van der Waals surface area contributed by atoms with Crippen molar-refractivity contribution in [2.75, 3.05) is 10.8 Å². The maximum atomic E-state index is 13.0. The highest BCUT2D eigenvalue weighted by atomic mass is 32.2. The largest absolute Gasteiger partial charge is 0.348 e. The predicted octanol–water partition coefficient (Wildman–Crippen LogP) is 3.54. The summed E-state index contributed by atoms with van der Waals surface area (Å²) in [6.07, 6.45) is 2.89. The molecular weight excluding hydrogens is 372 g/mol. The molecule has 1 aliphatic heterocycles. The van der Waals surface area contributed by atoms with E-state index >= 15 is 0 Å². The van der Waals surface area contributed by atoms with Crippen molar-refractivity contribution in [2.24, 2.45) is 0 Å². The van der Waals surface area contributed by atoms with Crippen LogP contribution in [0.3, 0.4) is 0 Å². The molecule has 1 unspecified atom stereocenters. The minimum Gasteiger partial charge on any atom is -0.348 e. The number of hydrogen-bond donors (Lipinski definition) is 1. The van der Waals surface area contributed by atoms with E-state index in [0.717, 1.165) is 30.2 Å². The minimum atomic E-state index is -3.72. The van der Waals surface area contributed by atoms with Crippen molar-refractivity contribution in [1.82, 2.24) is 5.32 Å². The first kappa shape index (κ1) is 17.3. The predicted molar refractivity (Wildman–Crippen MR) is 109 cm³/mol. The van der Waals surface area contributed by atoms with Crippen LogP contribution < -0.4 is 9.62 Å². The van der Waals surface area contributed by atoms with Gasteiger partial charge in [0.2, 0.25) is 5.91 Å². The number of benzene rings is 3. The molecule has 1 aliphatic carbocycles. The number of carbonyl (C=O) groups is 1. The Balaban J connectivity index is 1.43. The minimum absolute atomic E-state index is 0.0686. The normalized spacial score (nSPS) is 19.4. The van der Waals surface area contributed by atoms with Crippen LogP contribution in [0, 0.1) is 0 Å². The lowest BCUT2D eigenvalue weighted by molar-refractivity contribution is -0.120. The number of anilines is 1. The Morgan fingerprint density at radius 3 is 2.68 bits per heavy atom. The van der Waals surface area contributed by atoms with Crippen molar-refractivity contribution in [2.45, 2.75) is 30.2 Å². The molecule has 0 fully saturated rings. The Morgan fingerprint density at radius 1 is 1.04 bits per heavy atom. The number of rotatable bonds is 3. The van der Waals surface area contributed by atoms with Gasteiger partial charge in [0.1, 0.15) is 6.54 Å². The average molecular weight is 392 g/mol. The lowest BCUT2D eigenvalue weighted by Crippen LogP contribution is -2.41. The van der Waals surface area contributed by atoms with Gasteiger partial charge in [-0.15, -0.1) is 0 Å². The molecule has 0 bridgehead atoms. The summed E-state index contributed by atoms with van der Waals surface area (Å²) in [5, 5.41) is 4.61. The molecule has 28 heavy (non-hydrogen) atoms. The fourth-order valence-corrected chi connectivity index (χ4v) is 6.07. The monoisotopic (exact) mass is 392 g/mol. The molecule has 6 heteroatoms. The molecule has 0 saturated carbocycles. The van der Waals surface area contributed by atoms with Gasteiger partial charge in [0.05, 0.1) is 16.6 Å². The van der Waals surface area contributed by atoms with Crippen LogP contribution >= 0.6 is 0 Å². The number of amides is 1. The molecule has 5 rings (SSSR count). The van der Waals surface area contributed by atoms with E-state index in [1.807, 2.05) is 36.4 Å². The van der Waals surface area contributed by atoms with Gasteiger partial charge in [-0.3, -0.25) is 9.10 Å². The van der Waals surface area contributed by atoms with Gasteiger partial charge < -0.3 is 5.32 Å². The zero-order valence-corrected chi connectivity index (χ0v) is 16.1. The Morgan fingerprint density at radius 2 is 1.82 bits per heavy atom. The summed E-state index contributed by atoms with van der Waals surface area (Å²) in [5.74, 6) is -0.282. The van der Waals surface area contributed by atoms with E-state index in [0.29, 0.717) is 11.1 Å². The second kappa shape index (κ2) is 6.34. The van der Waals surface area contributed by atoms with Crippen LogP contribution in [-0.2, 0) is 21.2 Å². The highest BCUT2D eigenvalue weighted by Gasteiger charge is 2.37. The fraction of sp³-hybridized carbons (Fsp3) is 0.227. The van der Waals surface area contributed by atoms with Crippen molar-refractivity contribution < 1.29 is 13.2 Å². The molecule has 1 N–H and O–H groups in total. The molecule has 1 atom stereocenters. The molecule has 142 valence electrons. The topological polar surface area (TPSA) is 66.5 Å². The Bertz CT molecular complexity index is 1200. The first-order chi connectivity index (χ1) is 13.6. The van der Waals surface area contributed by atoms with Crippen LogP contribution in [0.2, 0.25) is 0 Å². The van der Waals surface area contributed by atoms with Crippen molar-refractivity contribution in [3.8, 4) is 0 Å². The highest BCUT2D eigenvalue weighted by Crippen LogP contribution is 2.41. The molecule has 3 aromatic carbocycles. The lowest BCUT2D eigenvalue weighted by atomic mass is 9.88. The van der Waals surface area contributed by atoms with Gasteiger partial charge in [0.15, 0.2) is 0 Å². The second-order valence-electron chi connectivity index (χ2n) is 7.35. The van der Waals surface area contributed by atoms with Gasteiger partial charge in [-0.1, -0.05) is 48.5 Å². The summed E-state index contributed by atoms with van der Waals surface area (Å²) in [6, 6.07) is 18.8. The molecule has 0 spiro atoms. The third-order valence-corrected chi connectivity index (χ3v) is 7.48. The first-order valence-electron chi connectivity index (χ1n) is 9.47. The van der Waals surface area contributed by atoms with E-state index in [-0.39, 0.29) is 23.4 Å². The molecular formula is C22H20N2O3S. The zero-order chi connectivity index (χ0) is 19.3. The summed E-state index contributed by atoms with van der Waals surface area (Å²) in [5.41, 5.74) is 2.97. The van der Waals surface area contributed by atoms with E-state index in [1.165, 1.54) is 9.87 Å². The molecule has 5 nitrogen and oxygen atoms in total. The van der Waals surface area contributed by atoms with Gasteiger partial charge in [0, 0.05) is 5.39 Å². The summed E-state index contributed by atoms with van der Waals surface area (Å²) in [6.45, 7) is -0.213. The standard InChI is InChI=1S/C22H20N2O3S/c25-21(23-18-11-3-7-15-6-1-2-10-17(15)18)14-24-19-12-4-8-16-9-5-13-20(22(16)19)28(24,26)27/h1-2,4-6,8-10,12-13,18H,3,7,11,14H2,(H,23,25). The quantitative estimate of drug-likeness (QED) is 0.741. The maximum Gasteiger partial charge on any atom is 0.265 e. The molecule has 0 aromatic heterocycles. The van der Waals surface area contributed by atoms with E-state index in [4.69, 9.17) is 0 Å². The van der Waals surface area contributed by atoms with Gasteiger partial charge >= 0.3 is 0 Å². The van der Waals surface area contributed by atoms with Crippen LogP contribution in [0.1, 0.15) is 30.0 Å². The molecule has 1 amide bonds. The number of fused-ring (bicyclic) bond motifs is 1. The molecule has 2 aliphatic rings. The van der Waals surface area contributed by atoms with E-state index < -0.39 is 10.0 Å². The number of sulfonamides is 1. The van der Waals surface area contributed by atoms with Crippen molar-refractivity contribution in [3.63, 3.8) is 0 Å². The fourth-order valence-electron chi connectivity index (χ4n) is 4.40. The molecule has 0 saturated heterocycles. The average Bonchev–Trinajstić information content (AvgIpc) is 2.92. The summed E-state index contributed by atoms with van der Waals surface area (Å²) < 4.78 is 27.3. The Labute approximate surface area is 164 Å². The van der Waals surface area contributed by atoms with Gasteiger partial charge in [-0.25, -0.2) is 8.42 Å². The van der Waals surface area contributed by atoms with Gasteiger partial charge in [-0.2, -0.15) is 0 Å². The summed E-state index contributed by atoms with van der Waals surface area (Å²) in [7, 11) is -3.72. The third-order valence-electron chi connectivity index (χ3n) is 5.67. The summed E-state index contributed by atoms with van der Waals surface area (Å²) >= 11 is 0. The van der Waals surface area contributed by atoms with Crippen LogP contribution in [0.15, 0.2) is 65.6 Å². The van der Waals surface area contributed by atoms with Crippen LogP contribution in [0.4, 0.5) is 5.69 Å².